The Morgan fingerprint density at radius 2 is 1.90 bits per heavy atom. The summed E-state index contributed by atoms with van der Waals surface area (Å²) < 4.78 is 38.8. The minimum Gasteiger partial charge on any atom is -0.493 e. The van der Waals surface area contributed by atoms with E-state index in [4.69, 9.17) is 13.3 Å². The highest BCUT2D eigenvalue weighted by molar-refractivity contribution is 7.86. The third-order valence-corrected chi connectivity index (χ3v) is 5.52. The van der Waals surface area contributed by atoms with E-state index in [1.165, 1.54) is 13.5 Å². The number of benzene rings is 1. The summed E-state index contributed by atoms with van der Waals surface area (Å²) in [5.74, 6) is 1.24. The quantitative estimate of drug-likeness (QED) is 0.604. The molecule has 0 atom stereocenters. The van der Waals surface area contributed by atoms with Crippen molar-refractivity contribution in [3.05, 3.63) is 47.9 Å². The average Bonchev–Trinajstić information content (AvgIpc) is 3.20. The van der Waals surface area contributed by atoms with Crippen molar-refractivity contribution in [3.8, 4) is 11.5 Å². The van der Waals surface area contributed by atoms with Crippen molar-refractivity contribution >= 4 is 16.0 Å². The summed E-state index contributed by atoms with van der Waals surface area (Å²) in [4.78, 5) is 15.0. The smallest absolute Gasteiger partial charge is 0.306 e. The molecule has 8 heteroatoms. The van der Waals surface area contributed by atoms with Crippen LogP contribution in [0.3, 0.4) is 0 Å². The van der Waals surface area contributed by atoms with Crippen molar-refractivity contribution in [2.24, 2.45) is 5.92 Å². The number of carbonyl (C=O) groups is 1. The molecule has 0 bridgehead atoms. The van der Waals surface area contributed by atoms with E-state index < -0.39 is 10.1 Å². The molecule has 1 saturated carbocycles. The van der Waals surface area contributed by atoms with Gasteiger partial charge in [-0.05, 0) is 42.7 Å². The van der Waals surface area contributed by atoms with Gasteiger partial charge in [-0.25, -0.2) is 0 Å². The zero-order valence-electron chi connectivity index (χ0n) is 16.8. The highest BCUT2D eigenvalue weighted by atomic mass is 32.2. The lowest BCUT2D eigenvalue weighted by Gasteiger charge is -2.29. The van der Waals surface area contributed by atoms with Gasteiger partial charge in [-0.2, -0.15) is 8.42 Å². The van der Waals surface area contributed by atoms with Gasteiger partial charge in [0.2, 0.25) is 5.91 Å². The van der Waals surface area contributed by atoms with E-state index in [1.54, 1.807) is 35.4 Å². The van der Waals surface area contributed by atoms with Gasteiger partial charge in [0.15, 0.2) is 11.5 Å². The van der Waals surface area contributed by atoms with Crippen LogP contribution >= 0.6 is 0 Å². The van der Waals surface area contributed by atoms with Crippen LogP contribution < -0.4 is 8.92 Å². The number of ether oxygens (including phenoxy) is 1. The maximum absolute atomic E-state index is 13.2. The molecule has 29 heavy (non-hydrogen) atoms. The van der Waals surface area contributed by atoms with Crippen LogP contribution in [-0.2, 0) is 28.0 Å². The number of nitrogens with zero attached hydrogens (tertiary/aromatic N) is 1. The van der Waals surface area contributed by atoms with Gasteiger partial charge >= 0.3 is 10.1 Å². The Balaban J connectivity index is 1.84. The molecule has 0 N–H and O–H groups in total. The Bertz CT molecular complexity index is 917. The molecule has 0 spiro atoms. The second-order valence-corrected chi connectivity index (χ2v) is 8.96. The van der Waals surface area contributed by atoms with Crippen molar-refractivity contribution < 1.29 is 26.5 Å². The topological polar surface area (TPSA) is 86.0 Å². The fraction of sp³-hybridized carbons (Fsp3) is 0.476. The summed E-state index contributed by atoms with van der Waals surface area (Å²) in [7, 11) is -2.26. The molecule has 1 aliphatic carbocycles. The van der Waals surface area contributed by atoms with Gasteiger partial charge in [-0.1, -0.05) is 25.3 Å². The molecule has 3 rings (SSSR count). The van der Waals surface area contributed by atoms with Crippen molar-refractivity contribution in [3.63, 3.8) is 0 Å². The van der Waals surface area contributed by atoms with Gasteiger partial charge in [-0.3, -0.25) is 4.79 Å². The molecule has 1 heterocycles. The molecule has 0 unspecified atom stereocenters. The Labute approximate surface area is 171 Å². The summed E-state index contributed by atoms with van der Waals surface area (Å²) in [6.07, 6.45) is 7.68. The molecule has 1 amide bonds. The van der Waals surface area contributed by atoms with Crippen molar-refractivity contribution in [1.29, 1.82) is 0 Å². The van der Waals surface area contributed by atoms with Crippen LogP contribution in [0.5, 0.6) is 11.5 Å². The van der Waals surface area contributed by atoms with Crippen LogP contribution in [0.25, 0.3) is 0 Å². The maximum Gasteiger partial charge on any atom is 0.306 e. The van der Waals surface area contributed by atoms with Crippen LogP contribution in [0, 0.1) is 5.92 Å². The predicted octanol–water partition coefficient (Wildman–Crippen LogP) is 3.74. The van der Waals surface area contributed by atoms with E-state index in [0.717, 1.165) is 37.5 Å². The number of hydrogen-bond donors (Lipinski definition) is 0. The van der Waals surface area contributed by atoms with Gasteiger partial charge < -0.3 is 18.2 Å². The molecule has 2 aromatic rings. The van der Waals surface area contributed by atoms with Gasteiger partial charge in [0.25, 0.3) is 0 Å². The van der Waals surface area contributed by atoms with Crippen LogP contribution in [0.1, 0.15) is 43.4 Å². The Hall–Kier alpha value is -2.48. The fourth-order valence-corrected chi connectivity index (χ4v) is 4.13. The number of carbonyl (C=O) groups excluding carboxylic acids is 1. The normalized spacial score (nSPS) is 15.1. The Kier molecular flexibility index (Phi) is 6.84. The summed E-state index contributed by atoms with van der Waals surface area (Å²) in [6.45, 7) is 0.677. The average molecular weight is 422 g/mol. The lowest BCUT2D eigenvalue weighted by Crippen LogP contribution is -2.36. The number of furan rings is 1. The zero-order chi connectivity index (χ0) is 20.9. The van der Waals surface area contributed by atoms with Crippen LogP contribution in [0.15, 0.2) is 41.0 Å². The van der Waals surface area contributed by atoms with E-state index in [2.05, 4.69) is 0 Å². The molecule has 1 fully saturated rings. The third-order valence-electron chi connectivity index (χ3n) is 5.04. The Morgan fingerprint density at radius 3 is 2.52 bits per heavy atom. The second-order valence-electron chi connectivity index (χ2n) is 7.38. The summed E-state index contributed by atoms with van der Waals surface area (Å²) in [5, 5.41) is 0. The first-order valence-electron chi connectivity index (χ1n) is 9.73. The lowest BCUT2D eigenvalue weighted by atomic mass is 9.88. The molecule has 1 aromatic carbocycles. The summed E-state index contributed by atoms with van der Waals surface area (Å²) >= 11 is 0. The van der Waals surface area contributed by atoms with Crippen molar-refractivity contribution in [2.75, 3.05) is 13.4 Å². The molecule has 1 aromatic heterocycles. The highest BCUT2D eigenvalue weighted by Crippen LogP contribution is 2.31. The van der Waals surface area contributed by atoms with Crippen molar-refractivity contribution in [1.82, 2.24) is 4.90 Å². The second kappa shape index (κ2) is 9.35. The highest BCUT2D eigenvalue weighted by Gasteiger charge is 2.27. The minimum atomic E-state index is -3.71. The molecule has 0 radical (unpaired) electrons. The number of amides is 1. The zero-order valence-corrected chi connectivity index (χ0v) is 17.6. The van der Waals surface area contributed by atoms with Gasteiger partial charge in [-0.15, -0.1) is 0 Å². The fourth-order valence-electron chi connectivity index (χ4n) is 3.68. The summed E-state index contributed by atoms with van der Waals surface area (Å²) in [5.41, 5.74) is 0.750. The maximum atomic E-state index is 13.2. The molecule has 1 aliphatic rings. The van der Waals surface area contributed by atoms with E-state index in [-0.39, 0.29) is 17.6 Å². The van der Waals surface area contributed by atoms with E-state index in [1.807, 2.05) is 6.07 Å². The molecule has 7 nitrogen and oxygen atoms in total. The summed E-state index contributed by atoms with van der Waals surface area (Å²) in [6, 6.07) is 8.68. The van der Waals surface area contributed by atoms with Gasteiger partial charge in [0, 0.05) is 12.5 Å². The van der Waals surface area contributed by atoms with Gasteiger partial charge in [0.05, 0.1) is 26.2 Å². The van der Waals surface area contributed by atoms with Crippen LogP contribution in [0.4, 0.5) is 0 Å². The van der Waals surface area contributed by atoms with E-state index in [0.29, 0.717) is 24.6 Å². The Morgan fingerprint density at radius 1 is 1.14 bits per heavy atom. The minimum absolute atomic E-state index is 0.0173. The molecule has 0 aliphatic heterocycles. The van der Waals surface area contributed by atoms with Crippen LogP contribution in [0.2, 0.25) is 0 Å². The molecular formula is C21H27NO6S. The number of rotatable bonds is 8. The first kappa shape index (κ1) is 21.2. The molecular weight excluding hydrogens is 394 g/mol. The largest absolute Gasteiger partial charge is 0.493 e. The monoisotopic (exact) mass is 421 g/mol. The first-order valence-corrected chi connectivity index (χ1v) is 11.5. The standard InChI is InChI=1S/C21H27NO6S/c1-26-19-11-10-16(13-20(19)28-29(2,24)25)14-22(15-18-9-6-12-27-18)21(23)17-7-4-3-5-8-17/h6,9-13,17H,3-5,7-8,14-15H2,1-2H3. The predicted molar refractivity (Wildman–Crippen MR) is 108 cm³/mol. The lowest BCUT2D eigenvalue weighted by molar-refractivity contribution is -0.138. The molecule has 158 valence electrons. The third kappa shape index (κ3) is 6.00. The SMILES string of the molecule is COc1ccc(CN(Cc2ccco2)C(=O)C2CCCCC2)cc1OS(C)(=O)=O. The number of hydrogen-bond acceptors (Lipinski definition) is 6. The van der Waals surface area contributed by atoms with E-state index in [9.17, 15) is 13.2 Å². The van der Waals surface area contributed by atoms with Gasteiger partial charge in [0.1, 0.15) is 5.76 Å². The van der Waals surface area contributed by atoms with Crippen molar-refractivity contribution in [2.45, 2.75) is 45.2 Å². The first-order chi connectivity index (χ1) is 13.9. The molecule has 0 saturated heterocycles. The van der Waals surface area contributed by atoms with E-state index >= 15 is 0 Å². The number of methoxy groups -OCH3 is 1. The van der Waals surface area contributed by atoms with Crippen LogP contribution in [-0.4, -0.2) is 32.6 Å².